The summed E-state index contributed by atoms with van der Waals surface area (Å²) >= 11 is 5.79. The first kappa shape index (κ1) is 22.3. The minimum absolute atomic E-state index is 0.0432. The van der Waals surface area contributed by atoms with Crippen LogP contribution in [0.4, 0.5) is 23.7 Å². The fourth-order valence-corrected chi connectivity index (χ4v) is 2.79. The zero-order valence-electron chi connectivity index (χ0n) is 16.0. The van der Waals surface area contributed by atoms with Gasteiger partial charge in [-0.1, -0.05) is 11.6 Å². The van der Waals surface area contributed by atoms with Crippen molar-refractivity contribution in [1.82, 2.24) is 15.1 Å². The van der Waals surface area contributed by atoms with E-state index in [4.69, 9.17) is 21.1 Å². The largest absolute Gasteiger partial charge is 0.465 e. The number of hydrogen-bond acceptors (Lipinski definition) is 6. The molecule has 2 rings (SSSR count). The van der Waals surface area contributed by atoms with E-state index in [1.807, 2.05) is 20.8 Å². The molecule has 0 aromatic carbocycles. The van der Waals surface area contributed by atoms with Crippen molar-refractivity contribution in [1.29, 1.82) is 0 Å². The van der Waals surface area contributed by atoms with Crippen LogP contribution in [0.1, 0.15) is 33.6 Å². The van der Waals surface area contributed by atoms with Gasteiger partial charge in [-0.2, -0.15) is 13.2 Å². The molecule has 0 saturated carbocycles. The van der Waals surface area contributed by atoms with E-state index >= 15 is 0 Å². The van der Waals surface area contributed by atoms with Gasteiger partial charge in [0.05, 0.1) is 0 Å². The Morgan fingerprint density at radius 1 is 1.29 bits per heavy atom. The van der Waals surface area contributed by atoms with Crippen molar-refractivity contribution in [2.45, 2.75) is 45.4 Å². The number of halogens is 4. The summed E-state index contributed by atoms with van der Waals surface area (Å²) in [4.78, 5) is 13.7. The Morgan fingerprint density at radius 3 is 2.50 bits per heavy atom. The second kappa shape index (κ2) is 9.02. The first-order valence-electron chi connectivity index (χ1n) is 8.87. The standard InChI is InChI=1S/C17H24ClF3N4O3/c1-16(2,3)28-15(26)25-6-4-11(5-7-25)9-22-12-8-13(18)23-24-14(12)27-10-17(19,20)21/h8,11H,4-7,9-10H2,1-3H3,(H,22,23). The number of piperidine rings is 1. The third-order valence-corrected chi connectivity index (χ3v) is 4.13. The smallest absolute Gasteiger partial charge is 0.422 e. The summed E-state index contributed by atoms with van der Waals surface area (Å²) in [6, 6.07) is 1.37. The Labute approximate surface area is 166 Å². The van der Waals surface area contributed by atoms with Crippen molar-refractivity contribution in [2.75, 3.05) is 31.6 Å². The van der Waals surface area contributed by atoms with E-state index in [1.165, 1.54) is 6.07 Å². The molecule has 158 valence electrons. The summed E-state index contributed by atoms with van der Waals surface area (Å²) in [7, 11) is 0. The molecule has 0 unspecified atom stereocenters. The molecule has 1 N–H and O–H groups in total. The SMILES string of the molecule is CC(C)(C)OC(=O)N1CCC(CNc2cc(Cl)nnc2OCC(F)(F)F)CC1. The predicted molar refractivity (Wildman–Crippen MR) is 97.6 cm³/mol. The number of ether oxygens (including phenoxy) is 2. The highest BCUT2D eigenvalue weighted by Gasteiger charge is 2.30. The summed E-state index contributed by atoms with van der Waals surface area (Å²) in [6.07, 6.45) is -3.35. The summed E-state index contributed by atoms with van der Waals surface area (Å²) in [5.41, 5.74) is -0.297. The van der Waals surface area contributed by atoms with Crippen LogP contribution in [0.15, 0.2) is 6.07 Å². The fraction of sp³-hybridized carbons (Fsp3) is 0.706. The average molecular weight is 425 g/mol. The molecule has 2 heterocycles. The number of anilines is 1. The minimum atomic E-state index is -4.48. The van der Waals surface area contributed by atoms with Gasteiger partial charge in [-0.15, -0.1) is 10.2 Å². The van der Waals surface area contributed by atoms with E-state index in [1.54, 1.807) is 4.90 Å². The Kier molecular flexibility index (Phi) is 7.19. The van der Waals surface area contributed by atoms with Crippen LogP contribution in [0.2, 0.25) is 5.15 Å². The second-order valence-corrected chi connectivity index (χ2v) is 7.97. The molecule has 1 aromatic rings. The molecular formula is C17H24ClF3N4O3. The highest BCUT2D eigenvalue weighted by molar-refractivity contribution is 6.29. The zero-order valence-corrected chi connectivity index (χ0v) is 16.7. The van der Waals surface area contributed by atoms with Crippen molar-refractivity contribution < 1.29 is 27.4 Å². The first-order valence-corrected chi connectivity index (χ1v) is 9.25. The van der Waals surface area contributed by atoms with E-state index in [9.17, 15) is 18.0 Å². The van der Waals surface area contributed by atoms with E-state index < -0.39 is 18.4 Å². The van der Waals surface area contributed by atoms with Crippen LogP contribution < -0.4 is 10.1 Å². The lowest BCUT2D eigenvalue weighted by Gasteiger charge is -2.33. The molecule has 1 aliphatic heterocycles. The molecule has 28 heavy (non-hydrogen) atoms. The van der Waals surface area contributed by atoms with Gasteiger partial charge in [0, 0.05) is 25.7 Å². The van der Waals surface area contributed by atoms with Gasteiger partial charge in [0.25, 0.3) is 5.88 Å². The number of nitrogens with zero attached hydrogens (tertiary/aromatic N) is 3. The lowest BCUT2D eigenvalue weighted by molar-refractivity contribution is -0.154. The van der Waals surface area contributed by atoms with Crippen molar-refractivity contribution >= 4 is 23.4 Å². The minimum Gasteiger partial charge on any atom is -0.465 e. The maximum Gasteiger partial charge on any atom is 0.422 e. The molecule has 0 radical (unpaired) electrons. The summed E-state index contributed by atoms with van der Waals surface area (Å²) in [5, 5.41) is 10.2. The first-order chi connectivity index (χ1) is 12.9. The normalized spacial score (nSPS) is 16.0. The third kappa shape index (κ3) is 7.57. The molecule has 1 saturated heterocycles. The number of alkyl halides is 3. The highest BCUT2D eigenvalue weighted by Crippen LogP contribution is 2.27. The molecule has 0 bridgehead atoms. The number of carbonyl (C=O) groups is 1. The number of nitrogens with one attached hydrogen (secondary N) is 1. The van der Waals surface area contributed by atoms with Crippen LogP contribution in [0.5, 0.6) is 5.88 Å². The zero-order chi connectivity index (χ0) is 20.9. The Balaban J connectivity index is 1.86. The summed E-state index contributed by atoms with van der Waals surface area (Å²) in [6.45, 7) is 5.55. The molecule has 1 aromatic heterocycles. The van der Waals surface area contributed by atoms with Gasteiger partial charge in [0.1, 0.15) is 11.3 Å². The molecule has 1 fully saturated rings. The fourth-order valence-electron chi connectivity index (χ4n) is 2.64. The van der Waals surface area contributed by atoms with Gasteiger partial charge in [-0.05, 0) is 39.5 Å². The molecule has 7 nitrogen and oxygen atoms in total. The van der Waals surface area contributed by atoms with Crippen LogP contribution in [-0.4, -0.2) is 59.2 Å². The van der Waals surface area contributed by atoms with Crippen molar-refractivity contribution in [3.63, 3.8) is 0 Å². The maximum absolute atomic E-state index is 12.4. The van der Waals surface area contributed by atoms with E-state index in [0.29, 0.717) is 19.6 Å². The monoisotopic (exact) mass is 424 g/mol. The topological polar surface area (TPSA) is 76.6 Å². The van der Waals surface area contributed by atoms with E-state index in [-0.39, 0.29) is 28.7 Å². The number of likely N-dealkylation sites (tertiary alicyclic amines) is 1. The van der Waals surface area contributed by atoms with E-state index in [0.717, 1.165) is 12.8 Å². The van der Waals surface area contributed by atoms with Gasteiger partial charge in [-0.3, -0.25) is 0 Å². The van der Waals surface area contributed by atoms with Crippen LogP contribution in [0, 0.1) is 5.92 Å². The summed E-state index contributed by atoms with van der Waals surface area (Å²) < 4.78 is 47.2. The van der Waals surface area contributed by atoms with Gasteiger partial charge in [0.2, 0.25) is 0 Å². The van der Waals surface area contributed by atoms with Crippen LogP contribution in [0.3, 0.4) is 0 Å². The molecule has 1 amide bonds. The molecule has 1 aliphatic rings. The Bertz CT molecular complexity index is 675. The predicted octanol–water partition coefficient (Wildman–Crippen LogP) is 4.13. The number of rotatable bonds is 5. The average Bonchev–Trinajstić information content (AvgIpc) is 2.57. The molecule has 0 aliphatic carbocycles. The lowest BCUT2D eigenvalue weighted by atomic mass is 9.97. The van der Waals surface area contributed by atoms with Crippen molar-refractivity contribution in [2.24, 2.45) is 5.92 Å². The number of carbonyl (C=O) groups excluding carboxylic acids is 1. The third-order valence-electron chi connectivity index (χ3n) is 3.95. The van der Waals surface area contributed by atoms with Gasteiger partial charge in [-0.25, -0.2) is 4.79 Å². The summed E-state index contributed by atoms with van der Waals surface area (Å²) in [5.74, 6) is -0.0333. The van der Waals surface area contributed by atoms with Crippen molar-refractivity contribution in [3.8, 4) is 5.88 Å². The molecular weight excluding hydrogens is 401 g/mol. The number of amides is 1. The Hall–Kier alpha value is -1.97. The molecule has 0 spiro atoms. The van der Waals surface area contributed by atoms with Crippen molar-refractivity contribution in [3.05, 3.63) is 11.2 Å². The van der Waals surface area contributed by atoms with Gasteiger partial charge >= 0.3 is 12.3 Å². The van der Waals surface area contributed by atoms with Crippen LogP contribution in [0.25, 0.3) is 0 Å². The lowest BCUT2D eigenvalue weighted by Crippen LogP contribution is -2.42. The van der Waals surface area contributed by atoms with Crippen LogP contribution in [-0.2, 0) is 4.74 Å². The van der Waals surface area contributed by atoms with Crippen LogP contribution >= 0.6 is 11.6 Å². The highest BCUT2D eigenvalue weighted by atomic mass is 35.5. The van der Waals surface area contributed by atoms with E-state index in [2.05, 4.69) is 15.5 Å². The second-order valence-electron chi connectivity index (χ2n) is 7.58. The molecule has 11 heteroatoms. The quantitative estimate of drug-likeness (QED) is 0.765. The Morgan fingerprint density at radius 2 is 1.93 bits per heavy atom. The number of aromatic nitrogens is 2. The van der Waals surface area contributed by atoms with Gasteiger partial charge < -0.3 is 19.7 Å². The van der Waals surface area contributed by atoms with Gasteiger partial charge in [0.15, 0.2) is 11.8 Å². The maximum atomic E-state index is 12.4. The molecule has 0 atom stereocenters. The number of hydrogen-bond donors (Lipinski definition) is 1.